The molecule has 1 fully saturated rings. The van der Waals surface area contributed by atoms with Gasteiger partial charge in [-0.25, -0.2) is 0 Å². The van der Waals surface area contributed by atoms with E-state index >= 15 is 0 Å². The van der Waals surface area contributed by atoms with Crippen LogP contribution in [0.15, 0.2) is 18.2 Å². The summed E-state index contributed by atoms with van der Waals surface area (Å²) in [5, 5.41) is 0. The van der Waals surface area contributed by atoms with Gasteiger partial charge in [-0.3, -0.25) is 0 Å². The highest BCUT2D eigenvalue weighted by Crippen LogP contribution is 2.27. The molecule has 1 saturated carbocycles. The lowest BCUT2D eigenvalue weighted by Crippen LogP contribution is -1.83. The third-order valence-corrected chi connectivity index (χ3v) is 2.38. The Labute approximate surface area is 80.0 Å². The number of rotatable bonds is 0. The van der Waals surface area contributed by atoms with Gasteiger partial charge in [-0.15, -0.1) is 0 Å². The molecule has 0 nitrogen and oxygen atoms in total. The van der Waals surface area contributed by atoms with Gasteiger partial charge >= 0.3 is 0 Å². The van der Waals surface area contributed by atoms with Crippen LogP contribution in [0.4, 0.5) is 0 Å². The van der Waals surface area contributed by atoms with Gasteiger partial charge in [0.05, 0.1) is 0 Å². The lowest BCUT2D eigenvalue weighted by molar-refractivity contribution is 1.18. The number of hydrogen-bond acceptors (Lipinski definition) is 0. The van der Waals surface area contributed by atoms with Crippen molar-refractivity contribution >= 4 is 0 Å². The smallest absolute Gasteiger partial charge is 0.0277 e. The molecular formula is C13H14. The monoisotopic (exact) mass is 170 g/mol. The Morgan fingerprint density at radius 3 is 2.69 bits per heavy atom. The first-order chi connectivity index (χ1) is 6.25. The van der Waals surface area contributed by atoms with Crippen LogP contribution in [0.2, 0.25) is 0 Å². The van der Waals surface area contributed by atoms with Crippen LogP contribution >= 0.6 is 0 Å². The van der Waals surface area contributed by atoms with Crippen LogP contribution in [0.25, 0.3) is 0 Å². The largest absolute Gasteiger partial charge is 0.0945 e. The van der Waals surface area contributed by atoms with Crippen LogP contribution in [0.1, 0.15) is 29.5 Å². The van der Waals surface area contributed by atoms with E-state index in [1.165, 1.54) is 29.5 Å². The molecule has 1 aromatic rings. The molecule has 13 heavy (non-hydrogen) atoms. The van der Waals surface area contributed by atoms with E-state index in [0.29, 0.717) is 5.92 Å². The third kappa shape index (κ3) is 2.12. The quantitative estimate of drug-likeness (QED) is 0.525. The molecule has 0 bridgehead atoms. The maximum Gasteiger partial charge on any atom is 0.0277 e. The van der Waals surface area contributed by atoms with Crippen molar-refractivity contribution in [2.45, 2.75) is 26.7 Å². The van der Waals surface area contributed by atoms with E-state index in [0.717, 1.165) is 0 Å². The highest BCUT2D eigenvalue weighted by Gasteiger charge is 2.17. The average Bonchev–Trinajstić information content (AvgIpc) is 2.90. The Balaban J connectivity index is 2.28. The van der Waals surface area contributed by atoms with Gasteiger partial charge in [0.15, 0.2) is 0 Å². The first-order valence-corrected chi connectivity index (χ1v) is 4.84. The Morgan fingerprint density at radius 2 is 2.00 bits per heavy atom. The van der Waals surface area contributed by atoms with Gasteiger partial charge in [-0.05, 0) is 43.9 Å². The molecule has 0 spiro atoms. The first kappa shape index (κ1) is 8.38. The van der Waals surface area contributed by atoms with E-state index in [4.69, 9.17) is 0 Å². The van der Waals surface area contributed by atoms with E-state index in [1.807, 2.05) is 0 Å². The molecule has 0 heteroatoms. The molecule has 0 N–H and O–H groups in total. The standard InChI is InChI=1S/C13H14/c1-10-3-4-11(2)13(9-10)8-7-12-5-6-12/h3-4,9,12H,5-6H2,1-2H3. The van der Waals surface area contributed by atoms with Crippen LogP contribution in [0.3, 0.4) is 0 Å². The molecular weight excluding hydrogens is 156 g/mol. The van der Waals surface area contributed by atoms with Crippen molar-refractivity contribution < 1.29 is 0 Å². The van der Waals surface area contributed by atoms with Gasteiger partial charge in [-0.2, -0.15) is 0 Å². The molecule has 66 valence electrons. The summed E-state index contributed by atoms with van der Waals surface area (Å²) in [5.41, 5.74) is 3.79. The summed E-state index contributed by atoms with van der Waals surface area (Å²) in [5.74, 6) is 7.25. The Kier molecular flexibility index (Phi) is 2.10. The van der Waals surface area contributed by atoms with Crippen LogP contribution in [-0.2, 0) is 0 Å². The fourth-order valence-corrected chi connectivity index (χ4v) is 1.28. The normalized spacial score (nSPS) is 14.9. The van der Waals surface area contributed by atoms with Gasteiger partial charge in [0.1, 0.15) is 0 Å². The summed E-state index contributed by atoms with van der Waals surface area (Å²) in [6.07, 6.45) is 2.61. The molecule has 0 aromatic heterocycles. The topological polar surface area (TPSA) is 0 Å². The molecule has 0 saturated heterocycles. The minimum Gasteiger partial charge on any atom is -0.0945 e. The summed E-state index contributed by atoms with van der Waals surface area (Å²) in [6, 6.07) is 6.45. The van der Waals surface area contributed by atoms with Crippen molar-refractivity contribution in [3.8, 4) is 11.8 Å². The number of aryl methyl sites for hydroxylation is 2. The summed E-state index contributed by atoms with van der Waals surface area (Å²) in [6.45, 7) is 4.23. The van der Waals surface area contributed by atoms with Crippen molar-refractivity contribution in [3.63, 3.8) is 0 Å². The van der Waals surface area contributed by atoms with Crippen molar-refractivity contribution in [2.75, 3.05) is 0 Å². The van der Waals surface area contributed by atoms with Gasteiger partial charge in [-0.1, -0.05) is 24.0 Å². The number of benzene rings is 1. The van der Waals surface area contributed by atoms with Crippen LogP contribution in [0, 0.1) is 31.6 Å². The van der Waals surface area contributed by atoms with Gasteiger partial charge in [0, 0.05) is 11.5 Å². The molecule has 0 radical (unpaired) electrons. The molecule has 2 rings (SSSR count). The Hall–Kier alpha value is -1.22. The maximum absolute atomic E-state index is 3.29. The molecule has 0 aliphatic heterocycles. The lowest BCUT2D eigenvalue weighted by Gasteiger charge is -1.98. The number of hydrogen-bond donors (Lipinski definition) is 0. The fraction of sp³-hybridized carbons (Fsp3) is 0.385. The van der Waals surface area contributed by atoms with Crippen molar-refractivity contribution in [2.24, 2.45) is 5.92 Å². The van der Waals surface area contributed by atoms with E-state index < -0.39 is 0 Å². The molecule has 0 atom stereocenters. The fourth-order valence-electron chi connectivity index (χ4n) is 1.28. The molecule has 0 amide bonds. The lowest BCUT2D eigenvalue weighted by atomic mass is 10.1. The molecule has 1 aliphatic rings. The molecule has 0 unspecified atom stereocenters. The van der Waals surface area contributed by atoms with E-state index in [-0.39, 0.29) is 0 Å². The van der Waals surface area contributed by atoms with Crippen molar-refractivity contribution in [1.82, 2.24) is 0 Å². The summed E-state index contributed by atoms with van der Waals surface area (Å²) >= 11 is 0. The van der Waals surface area contributed by atoms with E-state index in [9.17, 15) is 0 Å². The Morgan fingerprint density at radius 1 is 1.23 bits per heavy atom. The predicted molar refractivity (Wildman–Crippen MR) is 55.5 cm³/mol. The molecule has 0 heterocycles. The van der Waals surface area contributed by atoms with Gasteiger partial charge in [0.2, 0.25) is 0 Å². The molecule has 1 aromatic carbocycles. The summed E-state index contributed by atoms with van der Waals surface area (Å²) in [4.78, 5) is 0. The second-order valence-electron chi connectivity index (χ2n) is 3.86. The maximum atomic E-state index is 3.29. The van der Waals surface area contributed by atoms with Crippen molar-refractivity contribution in [1.29, 1.82) is 0 Å². The van der Waals surface area contributed by atoms with Crippen molar-refractivity contribution in [3.05, 3.63) is 34.9 Å². The Bertz CT molecular complexity index is 373. The second kappa shape index (κ2) is 3.26. The van der Waals surface area contributed by atoms with Crippen LogP contribution < -0.4 is 0 Å². The van der Waals surface area contributed by atoms with E-state index in [2.05, 4.69) is 43.9 Å². The highest BCUT2D eigenvalue weighted by molar-refractivity contribution is 5.43. The minimum absolute atomic E-state index is 0.694. The SMILES string of the molecule is Cc1ccc(C)c(C#CC2CC2)c1. The highest BCUT2D eigenvalue weighted by atomic mass is 14.2. The predicted octanol–water partition coefficient (Wildman–Crippen LogP) is 3.06. The van der Waals surface area contributed by atoms with Gasteiger partial charge < -0.3 is 0 Å². The van der Waals surface area contributed by atoms with E-state index in [1.54, 1.807) is 0 Å². The summed E-state index contributed by atoms with van der Waals surface area (Å²) in [7, 11) is 0. The summed E-state index contributed by atoms with van der Waals surface area (Å²) < 4.78 is 0. The zero-order valence-corrected chi connectivity index (χ0v) is 8.22. The minimum atomic E-state index is 0.694. The second-order valence-corrected chi connectivity index (χ2v) is 3.86. The third-order valence-electron chi connectivity index (χ3n) is 2.38. The van der Waals surface area contributed by atoms with Crippen LogP contribution in [0.5, 0.6) is 0 Å². The first-order valence-electron chi connectivity index (χ1n) is 4.84. The molecule has 1 aliphatic carbocycles. The van der Waals surface area contributed by atoms with Crippen LogP contribution in [-0.4, -0.2) is 0 Å². The zero-order chi connectivity index (χ0) is 9.26. The zero-order valence-electron chi connectivity index (χ0n) is 8.22. The average molecular weight is 170 g/mol. The van der Waals surface area contributed by atoms with Gasteiger partial charge in [0.25, 0.3) is 0 Å².